The van der Waals surface area contributed by atoms with Gasteiger partial charge in [-0.1, -0.05) is 40.2 Å². The van der Waals surface area contributed by atoms with E-state index in [1.165, 1.54) is 5.56 Å². The lowest BCUT2D eigenvalue weighted by molar-refractivity contribution is 0.340. The van der Waals surface area contributed by atoms with Crippen LogP contribution in [0.1, 0.15) is 12.5 Å². The molecule has 124 valence electrons. The van der Waals surface area contributed by atoms with Gasteiger partial charge in [0.05, 0.1) is 18.5 Å². The number of aromatic nitrogens is 2. The van der Waals surface area contributed by atoms with Gasteiger partial charge in [-0.05, 0) is 36.8 Å². The number of hydrogen-bond donors (Lipinski definition) is 1. The van der Waals surface area contributed by atoms with Crippen molar-refractivity contribution in [2.75, 3.05) is 11.9 Å². The number of ether oxygens (including phenoxy) is 1. The molecule has 0 saturated heterocycles. The lowest BCUT2D eigenvalue weighted by Gasteiger charge is -2.09. The standard InChI is InChI=1S/C19H20BrN3O/c1-3-24-17-9-7-14(8-10-17)12-21-19-22-13-18(23(19)2)15-5-4-6-16(20)11-15/h4-11,13H,3,12H2,1-2H3,(H,21,22). The van der Waals surface area contributed by atoms with Gasteiger partial charge in [0.2, 0.25) is 5.95 Å². The van der Waals surface area contributed by atoms with Crippen LogP contribution in [0.4, 0.5) is 5.95 Å². The molecular formula is C19H20BrN3O. The summed E-state index contributed by atoms with van der Waals surface area (Å²) in [6.45, 7) is 3.39. The third kappa shape index (κ3) is 3.79. The summed E-state index contributed by atoms with van der Waals surface area (Å²) in [6.07, 6.45) is 1.89. The van der Waals surface area contributed by atoms with Crippen molar-refractivity contribution in [1.82, 2.24) is 9.55 Å². The quantitative estimate of drug-likeness (QED) is 0.658. The molecule has 0 aliphatic carbocycles. The highest BCUT2D eigenvalue weighted by atomic mass is 79.9. The van der Waals surface area contributed by atoms with Crippen molar-refractivity contribution in [2.24, 2.45) is 7.05 Å². The van der Waals surface area contributed by atoms with Gasteiger partial charge in [0.15, 0.2) is 0 Å². The first kappa shape index (κ1) is 16.6. The van der Waals surface area contributed by atoms with Crippen LogP contribution in [-0.2, 0) is 13.6 Å². The Morgan fingerprint density at radius 3 is 2.67 bits per heavy atom. The first-order chi connectivity index (χ1) is 11.7. The number of hydrogen-bond acceptors (Lipinski definition) is 3. The highest BCUT2D eigenvalue weighted by molar-refractivity contribution is 9.10. The fourth-order valence-corrected chi connectivity index (χ4v) is 2.94. The van der Waals surface area contributed by atoms with E-state index in [1.54, 1.807) is 0 Å². The Balaban J connectivity index is 1.70. The fraction of sp³-hybridized carbons (Fsp3) is 0.211. The van der Waals surface area contributed by atoms with Crippen molar-refractivity contribution in [3.05, 3.63) is 64.8 Å². The molecular weight excluding hydrogens is 366 g/mol. The summed E-state index contributed by atoms with van der Waals surface area (Å²) in [6, 6.07) is 16.3. The molecule has 0 radical (unpaired) electrons. The Bertz CT molecular complexity index is 812. The zero-order valence-electron chi connectivity index (χ0n) is 13.8. The maximum absolute atomic E-state index is 5.46. The number of nitrogens with one attached hydrogen (secondary N) is 1. The number of benzene rings is 2. The molecule has 0 unspecified atom stereocenters. The molecule has 0 atom stereocenters. The van der Waals surface area contributed by atoms with Gasteiger partial charge < -0.3 is 14.6 Å². The minimum atomic E-state index is 0.684. The van der Waals surface area contributed by atoms with Crippen LogP contribution in [0.2, 0.25) is 0 Å². The summed E-state index contributed by atoms with van der Waals surface area (Å²) in [5.41, 5.74) is 3.39. The maximum Gasteiger partial charge on any atom is 0.203 e. The molecule has 2 aromatic carbocycles. The number of rotatable bonds is 6. The Morgan fingerprint density at radius 2 is 1.96 bits per heavy atom. The highest BCUT2D eigenvalue weighted by Gasteiger charge is 2.08. The summed E-state index contributed by atoms with van der Waals surface area (Å²) in [7, 11) is 2.02. The van der Waals surface area contributed by atoms with E-state index < -0.39 is 0 Å². The van der Waals surface area contributed by atoms with Crippen LogP contribution >= 0.6 is 15.9 Å². The zero-order valence-corrected chi connectivity index (χ0v) is 15.4. The molecule has 0 saturated carbocycles. The predicted molar refractivity (Wildman–Crippen MR) is 101 cm³/mol. The smallest absolute Gasteiger partial charge is 0.203 e. The fourth-order valence-electron chi connectivity index (χ4n) is 2.54. The van der Waals surface area contributed by atoms with Crippen LogP contribution in [0, 0.1) is 0 Å². The minimum absolute atomic E-state index is 0.684. The molecule has 1 heterocycles. The second-order valence-electron chi connectivity index (χ2n) is 5.47. The Hall–Kier alpha value is -2.27. The van der Waals surface area contributed by atoms with Crippen LogP contribution in [0.5, 0.6) is 5.75 Å². The average molecular weight is 386 g/mol. The molecule has 24 heavy (non-hydrogen) atoms. The topological polar surface area (TPSA) is 39.1 Å². The third-order valence-electron chi connectivity index (χ3n) is 3.79. The Labute approximate surface area is 150 Å². The average Bonchev–Trinajstić information content (AvgIpc) is 2.95. The molecule has 4 nitrogen and oxygen atoms in total. The molecule has 5 heteroatoms. The molecule has 0 amide bonds. The van der Waals surface area contributed by atoms with Crippen LogP contribution in [0.3, 0.4) is 0 Å². The largest absolute Gasteiger partial charge is 0.494 e. The van der Waals surface area contributed by atoms with Gasteiger partial charge in [0, 0.05) is 23.6 Å². The SMILES string of the molecule is CCOc1ccc(CNc2ncc(-c3cccc(Br)c3)n2C)cc1. The van der Waals surface area contributed by atoms with Gasteiger partial charge in [-0.2, -0.15) is 0 Å². The van der Waals surface area contributed by atoms with Crippen molar-refractivity contribution in [3.63, 3.8) is 0 Å². The molecule has 3 aromatic rings. The second-order valence-corrected chi connectivity index (χ2v) is 6.38. The first-order valence-electron chi connectivity index (χ1n) is 7.90. The zero-order chi connectivity index (χ0) is 16.9. The van der Waals surface area contributed by atoms with Crippen LogP contribution < -0.4 is 10.1 Å². The van der Waals surface area contributed by atoms with Crippen molar-refractivity contribution in [3.8, 4) is 17.0 Å². The predicted octanol–water partition coefficient (Wildman–Crippen LogP) is 4.86. The van der Waals surface area contributed by atoms with Crippen molar-refractivity contribution in [2.45, 2.75) is 13.5 Å². The van der Waals surface area contributed by atoms with Gasteiger partial charge >= 0.3 is 0 Å². The summed E-state index contributed by atoms with van der Waals surface area (Å²) in [4.78, 5) is 4.50. The Kier molecular flexibility index (Phi) is 5.20. The molecule has 0 bridgehead atoms. The van der Waals surface area contributed by atoms with Crippen LogP contribution in [0.25, 0.3) is 11.3 Å². The van der Waals surface area contributed by atoms with Gasteiger partial charge in [-0.3, -0.25) is 0 Å². The number of anilines is 1. The molecule has 0 aliphatic heterocycles. The van der Waals surface area contributed by atoms with E-state index in [1.807, 2.05) is 44.4 Å². The van der Waals surface area contributed by atoms with E-state index in [9.17, 15) is 0 Å². The highest BCUT2D eigenvalue weighted by Crippen LogP contribution is 2.25. The molecule has 1 N–H and O–H groups in total. The van der Waals surface area contributed by atoms with Gasteiger partial charge in [-0.25, -0.2) is 4.98 Å². The molecule has 1 aromatic heterocycles. The van der Waals surface area contributed by atoms with E-state index in [0.717, 1.165) is 34.0 Å². The van der Waals surface area contributed by atoms with Gasteiger partial charge in [0.1, 0.15) is 5.75 Å². The van der Waals surface area contributed by atoms with Crippen molar-refractivity contribution >= 4 is 21.9 Å². The lowest BCUT2D eigenvalue weighted by Crippen LogP contribution is -2.05. The number of nitrogens with zero attached hydrogens (tertiary/aromatic N) is 2. The van der Waals surface area contributed by atoms with E-state index in [2.05, 4.69) is 55.1 Å². The molecule has 0 spiro atoms. The second kappa shape index (κ2) is 7.53. The minimum Gasteiger partial charge on any atom is -0.494 e. The maximum atomic E-state index is 5.46. The summed E-state index contributed by atoms with van der Waals surface area (Å²) in [5.74, 6) is 1.74. The van der Waals surface area contributed by atoms with E-state index in [0.29, 0.717) is 6.61 Å². The normalized spacial score (nSPS) is 10.6. The number of imidazole rings is 1. The summed E-state index contributed by atoms with van der Waals surface area (Å²) >= 11 is 3.51. The summed E-state index contributed by atoms with van der Waals surface area (Å²) in [5, 5.41) is 3.38. The van der Waals surface area contributed by atoms with E-state index in [-0.39, 0.29) is 0 Å². The molecule has 3 rings (SSSR count). The van der Waals surface area contributed by atoms with E-state index in [4.69, 9.17) is 4.74 Å². The summed E-state index contributed by atoms with van der Waals surface area (Å²) < 4.78 is 8.59. The number of halogens is 1. The first-order valence-corrected chi connectivity index (χ1v) is 8.70. The van der Waals surface area contributed by atoms with Gasteiger partial charge in [-0.15, -0.1) is 0 Å². The monoisotopic (exact) mass is 385 g/mol. The molecule has 0 fully saturated rings. The van der Waals surface area contributed by atoms with Crippen LogP contribution in [-0.4, -0.2) is 16.2 Å². The van der Waals surface area contributed by atoms with Crippen molar-refractivity contribution < 1.29 is 4.74 Å². The van der Waals surface area contributed by atoms with Crippen LogP contribution in [0.15, 0.2) is 59.2 Å². The third-order valence-corrected chi connectivity index (χ3v) is 4.29. The van der Waals surface area contributed by atoms with E-state index >= 15 is 0 Å². The Morgan fingerprint density at radius 1 is 1.17 bits per heavy atom. The van der Waals surface area contributed by atoms with Gasteiger partial charge in [0.25, 0.3) is 0 Å². The lowest BCUT2D eigenvalue weighted by atomic mass is 10.2. The van der Waals surface area contributed by atoms with Crippen molar-refractivity contribution in [1.29, 1.82) is 0 Å². The molecule has 0 aliphatic rings.